The van der Waals surface area contributed by atoms with Gasteiger partial charge in [-0.05, 0) is 55.5 Å². The van der Waals surface area contributed by atoms with Crippen LogP contribution in [0, 0.1) is 6.92 Å². The average molecular weight is 361 g/mol. The van der Waals surface area contributed by atoms with Crippen molar-refractivity contribution in [1.29, 1.82) is 0 Å². The molecular weight excluding hydrogens is 342 g/mol. The van der Waals surface area contributed by atoms with Crippen molar-refractivity contribution < 1.29 is 0 Å². The summed E-state index contributed by atoms with van der Waals surface area (Å²) in [5, 5.41) is 2.25. The van der Waals surface area contributed by atoms with Crippen molar-refractivity contribution in [3.63, 3.8) is 0 Å². The first-order chi connectivity index (χ1) is 13.8. The molecule has 3 aromatic carbocycles. The summed E-state index contributed by atoms with van der Waals surface area (Å²) in [6.07, 6.45) is 0. The van der Waals surface area contributed by atoms with Crippen LogP contribution >= 0.6 is 0 Å². The van der Waals surface area contributed by atoms with Crippen LogP contribution in [0.15, 0.2) is 97.1 Å². The normalized spacial score (nSPS) is 11.0. The summed E-state index contributed by atoms with van der Waals surface area (Å²) in [5.41, 5.74) is 4.20. The van der Waals surface area contributed by atoms with E-state index in [1.165, 1.54) is 5.56 Å². The predicted octanol–water partition coefficient (Wildman–Crippen LogP) is 6.56. The minimum absolute atomic E-state index is 0.852. The van der Waals surface area contributed by atoms with Crippen LogP contribution in [0.1, 0.15) is 5.56 Å². The lowest BCUT2D eigenvalue weighted by Crippen LogP contribution is -2.13. The van der Waals surface area contributed by atoms with Gasteiger partial charge < -0.3 is 0 Å². The van der Waals surface area contributed by atoms with E-state index in [1.54, 1.807) is 0 Å². The van der Waals surface area contributed by atoms with E-state index >= 15 is 0 Å². The van der Waals surface area contributed by atoms with Crippen LogP contribution in [-0.4, -0.2) is 9.97 Å². The molecule has 0 spiro atoms. The number of nitrogens with zero attached hydrogens (tertiary/aromatic N) is 3. The molecule has 134 valence electrons. The molecule has 5 aromatic rings. The second-order valence-electron chi connectivity index (χ2n) is 6.90. The maximum Gasteiger partial charge on any atom is 0.139 e. The number of benzene rings is 3. The standard InChI is InChI=1S/C25H19N3/c1-18-10-14-21(15-11-18)28(24-16-12-19-6-2-4-8-22(19)26-24)25-17-13-20-7-3-5-9-23(20)27-25/h2-17H,1H3. The van der Waals surface area contributed by atoms with Crippen LogP contribution in [0.5, 0.6) is 0 Å². The van der Waals surface area contributed by atoms with Gasteiger partial charge in [-0.1, -0.05) is 54.1 Å². The van der Waals surface area contributed by atoms with Crippen LogP contribution in [0.4, 0.5) is 17.3 Å². The summed E-state index contributed by atoms with van der Waals surface area (Å²) < 4.78 is 0. The number of fused-ring (bicyclic) bond motifs is 2. The van der Waals surface area contributed by atoms with E-state index in [2.05, 4.69) is 72.5 Å². The highest BCUT2D eigenvalue weighted by molar-refractivity contribution is 5.85. The second-order valence-corrected chi connectivity index (χ2v) is 6.90. The van der Waals surface area contributed by atoms with Gasteiger partial charge in [0.15, 0.2) is 0 Å². The van der Waals surface area contributed by atoms with Crippen molar-refractivity contribution >= 4 is 39.1 Å². The zero-order valence-electron chi connectivity index (χ0n) is 15.6. The molecule has 2 aromatic heterocycles. The highest BCUT2D eigenvalue weighted by Crippen LogP contribution is 2.34. The summed E-state index contributed by atoms with van der Waals surface area (Å²) in [6, 6.07) is 33.1. The Balaban J connectivity index is 1.72. The minimum atomic E-state index is 0.852. The van der Waals surface area contributed by atoms with Gasteiger partial charge in [-0.2, -0.15) is 0 Å². The fraction of sp³-hybridized carbons (Fsp3) is 0.0400. The summed E-state index contributed by atoms with van der Waals surface area (Å²) in [5.74, 6) is 1.70. The first-order valence-corrected chi connectivity index (χ1v) is 9.36. The van der Waals surface area contributed by atoms with Crippen LogP contribution in [0.25, 0.3) is 21.8 Å². The molecule has 0 fully saturated rings. The van der Waals surface area contributed by atoms with Crippen LogP contribution in [-0.2, 0) is 0 Å². The fourth-order valence-corrected chi connectivity index (χ4v) is 3.44. The van der Waals surface area contributed by atoms with Gasteiger partial charge in [-0.15, -0.1) is 0 Å². The molecule has 0 amide bonds. The number of hydrogen-bond acceptors (Lipinski definition) is 3. The first kappa shape index (κ1) is 16.5. The number of aromatic nitrogens is 2. The topological polar surface area (TPSA) is 29.0 Å². The van der Waals surface area contributed by atoms with E-state index in [0.717, 1.165) is 39.1 Å². The van der Waals surface area contributed by atoms with Crippen molar-refractivity contribution in [1.82, 2.24) is 9.97 Å². The molecule has 0 unspecified atom stereocenters. The molecule has 28 heavy (non-hydrogen) atoms. The highest BCUT2D eigenvalue weighted by Gasteiger charge is 2.16. The molecule has 5 rings (SSSR count). The van der Waals surface area contributed by atoms with Gasteiger partial charge in [0, 0.05) is 16.5 Å². The first-order valence-electron chi connectivity index (χ1n) is 9.36. The Morgan fingerprint density at radius 3 is 1.57 bits per heavy atom. The van der Waals surface area contributed by atoms with Crippen molar-refractivity contribution in [3.05, 3.63) is 103 Å². The third kappa shape index (κ3) is 2.97. The fourth-order valence-electron chi connectivity index (χ4n) is 3.44. The second kappa shape index (κ2) is 6.78. The lowest BCUT2D eigenvalue weighted by Gasteiger charge is -2.24. The third-order valence-electron chi connectivity index (χ3n) is 4.92. The van der Waals surface area contributed by atoms with E-state index in [-0.39, 0.29) is 0 Å². The van der Waals surface area contributed by atoms with Crippen molar-refractivity contribution in [2.75, 3.05) is 4.90 Å². The smallest absolute Gasteiger partial charge is 0.139 e. The van der Waals surface area contributed by atoms with E-state index in [1.807, 2.05) is 36.4 Å². The molecular formula is C25H19N3. The molecule has 0 saturated heterocycles. The zero-order chi connectivity index (χ0) is 18.9. The Kier molecular flexibility index (Phi) is 3.99. The van der Waals surface area contributed by atoms with Crippen molar-refractivity contribution in [3.8, 4) is 0 Å². The molecule has 0 aliphatic rings. The van der Waals surface area contributed by atoms with Gasteiger partial charge in [-0.25, -0.2) is 9.97 Å². The summed E-state index contributed by atoms with van der Waals surface area (Å²) in [4.78, 5) is 11.9. The molecule has 0 bridgehead atoms. The van der Waals surface area contributed by atoms with Gasteiger partial charge in [0.2, 0.25) is 0 Å². The van der Waals surface area contributed by atoms with Gasteiger partial charge in [0.1, 0.15) is 11.6 Å². The highest BCUT2D eigenvalue weighted by atomic mass is 15.2. The number of rotatable bonds is 3. The molecule has 0 aliphatic heterocycles. The largest absolute Gasteiger partial charge is 0.279 e. The SMILES string of the molecule is Cc1ccc(N(c2ccc3ccccc3n2)c2ccc3ccccc3n2)cc1. The van der Waals surface area contributed by atoms with Crippen LogP contribution in [0.3, 0.4) is 0 Å². The van der Waals surface area contributed by atoms with Gasteiger partial charge >= 0.3 is 0 Å². The number of anilines is 3. The lowest BCUT2D eigenvalue weighted by atomic mass is 10.1. The summed E-state index contributed by atoms with van der Waals surface area (Å²) >= 11 is 0. The maximum absolute atomic E-state index is 4.92. The molecule has 0 atom stereocenters. The number of pyridine rings is 2. The van der Waals surface area contributed by atoms with Crippen LogP contribution in [0.2, 0.25) is 0 Å². The molecule has 0 N–H and O–H groups in total. The Morgan fingerprint density at radius 1 is 0.536 bits per heavy atom. The van der Waals surface area contributed by atoms with E-state index in [9.17, 15) is 0 Å². The monoisotopic (exact) mass is 361 g/mol. The maximum atomic E-state index is 4.92. The predicted molar refractivity (Wildman–Crippen MR) is 116 cm³/mol. The van der Waals surface area contributed by atoms with Crippen molar-refractivity contribution in [2.24, 2.45) is 0 Å². The van der Waals surface area contributed by atoms with Gasteiger partial charge in [0.25, 0.3) is 0 Å². The lowest BCUT2D eigenvalue weighted by molar-refractivity contribution is 1.16. The Morgan fingerprint density at radius 2 is 1.04 bits per heavy atom. The Hall–Kier alpha value is -3.72. The van der Waals surface area contributed by atoms with E-state index < -0.39 is 0 Å². The Labute approximate surface area is 163 Å². The molecule has 3 heteroatoms. The zero-order valence-corrected chi connectivity index (χ0v) is 15.6. The van der Waals surface area contributed by atoms with Gasteiger partial charge in [0.05, 0.1) is 11.0 Å². The summed E-state index contributed by atoms with van der Waals surface area (Å²) in [7, 11) is 0. The summed E-state index contributed by atoms with van der Waals surface area (Å²) in [6.45, 7) is 2.09. The van der Waals surface area contributed by atoms with E-state index in [0.29, 0.717) is 0 Å². The molecule has 2 heterocycles. The number of para-hydroxylation sites is 2. The Bertz CT molecular complexity index is 1200. The molecule has 0 aliphatic carbocycles. The van der Waals surface area contributed by atoms with Gasteiger partial charge in [-0.3, -0.25) is 4.90 Å². The molecule has 3 nitrogen and oxygen atoms in total. The minimum Gasteiger partial charge on any atom is -0.279 e. The number of hydrogen-bond donors (Lipinski definition) is 0. The quantitative estimate of drug-likeness (QED) is 0.364. The molecule has 0 radical (unpaired) electrons. The third-order valence-corrected chi connectivity index (χ3v) is 4.92. The van der Waals surface area contributed by atoms with Crippen LogP contribution < -0.4 is 4.90 Å². The van der Waals surface area contributed by atoms with E-state index in [4.69, 9.17) is 9.97 Å². The number of aryl methyl sites for hydroxylation is 1. The average Bonchev–Trinajstić information content (AvgIpc) is 2.75. The molecule has 0 saturated carbocycles. The van der Waals surface area contributed by atoms with Crippen molar-refractivity contribution in [2.45, 2.75) is 6.92 Å².